The number of hydrazone groups is 1. The van der Waals surface area contributed by atoms with Crippen molar-refractivity contribution in [3.05, 3.63) is 50.9 Å². The predicted molar refractivity (Wildman–Crippen MR) is 73.9 cm³/mol. The molecule has 0 radical (unpaired) electrons. The highest BCUT2D eigenvalue weighted by Crippen LogP contribution is 1.90. The van der Waals surface area contributed by atoms with Crippen molar-refractivity contribution in [1.82, 2.24) is 25.6 Å². The van der Waals surface area contributed by atoms with E-state index in [4.69, 9.17) is 0 Å². The van der Waals surface area contributed by atoms with Crippen molar-refractivity contribution in [2.45, 2.75) is 0 Å². The fraction of sp³-hybridized carbons (Fsp3) is 0.0909. The molecule has 2 heterocycles. The molecule has 10 nitrogen and oxygen atoms in total. The predicted octanol–water partition coefficient (Wildman–Crippen LogP) is -1.58. The molecule has 0 unspecified atom stereocenters. The minimum absolute atomic E-state index is 0.164. The summed E-state index contributed by atoms with van der Waals surface area (Å²) in [4.78, 5) is 39.3. The van der Waals surface area contributed by atoms with Crippen molar-refractivity contribution >= 4 is 17.9 Å². The van der Waals surface area contributed by atoms with Crippen molar-refractivity contribution in [2.24, 2.45) is 5.10 Å². The molecular formula is C11H11N7O3. The topological polar surface area (TPSA) is 145 Å². The summed E-state index contributed by atoms with van der Waals surface area (Å²) >= 11 is 0. The number of anilines is 1. The maximum Gasteiger partial charge on any atom is 0.342 e. The molecular weight excluding hydrogens is 278 g/mol. The molecule has 0 saturated heterocycles. The van der Waals surface area contributed by atoms with E-state index in [0.717, 1.165) is 5.56 Å². The van der Waals surface area contributed by atoms with E-state index in [1.54, 1.807) is 24.5 Å². The van der Waals surface area contributed by atoms with E-state index >= 15 is 0 Å². The number of aromatic nitrogens is 4. The summed E-state index contributed by atoms with van der Waals surface area (Å²) < 4.78 is 0. The number of rotatable bonds is 5. The highest BCUT2D eigenvalue weighted by Gasteiger charge is 2.04. The molecule has 2 rings (SSSR count). The molecule has 2 aromatic heterocycles. The fourth-order valence-electron chi connectivity index (χ4n) is 1.30. The number of carbonyl (C=O) groups is 1. The normalized spacial score (nSPS) is 10.5. The Hall–Kier alpha value is -3.30. The SMILES string of the molecule is O=C(CNc1n[nH]c(=O)[nH]c1=O)NN=Cc1ccncc1. The lowest BCUT2D eigenvalue weighted by Gasteiger charge is -2.02. The van der Waals surface area contributed by atoms with Crippen LogP contribution in [0.25, 0.3) is 0 Å². The zero-order valence-electron chi connectivity index (χ0n) is 10.7. The van der Waals surface area contributed by atoms with Gasteiger partial charge in [0.1, 0.15) is 0 Å². The standard InChI is InChI=1S/C11H11N7O3/c19-8(16-14-5-7-1-3-12-4-2-7)6-13-9-10(20)15-11(21)18-17-9/h1-5H,6H2,(H,13,17)(H,16,19)(H2,15,18,20,21). The van der Waals surface area contributed by atoms with Crippen LogP contribution in [0.5, 0.6) is 0 Å². The van der Waals surface area contributed by atoms with Gasteiger partial charge in [-0.05, 0) is 17.7 Å². The number of nitrogens with one attached hydrogen (secondary N) is 4. The molecule has 0 aliphatic carbocycles. The minimum atomic E-state index is -0.725. The first-order valence-electron chi connectivity index (χ1n) is 5.80. The van der Waals surface area contributed by atoms with E-state index in [0.29, 0.717) is 0 Å². The minimum Gasteiger partial charge on any atom is -0.355 e. The van der Waals surface area contributed by atoms with Crippen LogP contribution < -0.4 is 22.0 Å². The van der Waals surface area contributed by atoms with Gasteiger partial charge in [0.05, 0.1) is 12.8 Å². The van der Waals surface area contributed by atoms with E-state index < -0.39 is 17.2 Å². The molecule has 0 atom stereocenters. The molecule has 21 heavy (non-hydrogen) atoms. The second-order valence-electron chi connectivity index (χ2n) is 3.78. The second-order valence-corrected chi connectivity index (χ2v) is 3.78. The van der Waals surface area contributed by atoms with Gasteiger partial charge in [0.15, 0.2) is 0 Å². The van der Waals surface area contributed by atoms with Crippen molar-refractivity contribution in [2.75, 3.05) is 11.9 Å². The van der Waals surface area contributed by atoms with Gasteiger partial charge >= 0.3 is 5.69 Å². The molecule has 0 saturated carbocycles. The van der Waals surface area contributed by atoms with Gasteiger partial charge in [0, 0.05) is 12.4 Å². The maximum absolute atomic E-state index is 11.5. The Balaban J connectivity index is 1.84. The lowest BCUT2D eigenvalue weighted by atomic mass is 10.3. The lowest BCUT2D eigenvalue weighted by Crippen LogP contribution is -2.31. The Morgan fingerprint density at radius 3 is 2.81 bits per heavy atom. The smallest absolute Gasteiger partial charge is 0.342 e. The molecule has 1 amide bonds. The van der Waals surface area contributed by atoms with Crippen LogP contribution >= 0.6 is 0 Å². The van der Waals surface area contributed by atoms with Gasteiger partial charge < -0.3 is 5.32 Å². The molecule has 2 aromatic rings. The number of aromatic amines is 2. The number of hydrogen-bond acceptors (Lipinski definition) is 7. The summed E-state index contributed by atoms with van der Waals surface area (Å²) in [5.41, 5.74) is 1.60. The van der Waals surface area contributed by atoms with Gasteiger partial charge in [0.25, 0.3) is 11.5 Å². The Labute approximate surface area is 117 Å². The summed E-state index contributed by atoms with van der Waals surface area (Å²) in [7, 11) is 0. The number of carbonyl (C=O) groups excluding carboxylic acids is 1. The number of nitrogens with zero attached hydrogens (tertiary/aromatic N) is 3. The molecule has 0 fully saturated rings. The summed E-state index contributed by atoms with van der Waals surface area (Å²) in [6.07, 6.45) is 4.64. The Bertz CT molecular complexity index is 750. The van der Waals surface area contributed by atoms with E-state index in [9.17, 15) is 14.4 Å². The number of amides is 1. The molecule has 10 heteroatoms. The van der Waals surface area contributed by atoms with Gasteiger partial charge in [0.2, 0.25) is 5.82 Å². The third-order valence-corrected chi connectivity index (χ3v) is 2.24. The van der Waals surface area contributed by atoms with E-state index in [1.807, 2.05) is 10.1 Å². The van der Waals surface area contributed by atoms with Crippen LogP contribution in [-0.4, -0.2) is 38.8 Å². The van der Waals surface area contributed by atoms with Crippen molar-refractivity contribution in [3.8, 4) is 0 Å². The van der Waals surface area contributed by atoms with Gasteiger partial charge in [-0.1, -0.05) is 0 Å². The fourth-order valence-corrected chi connectivity index (χ4v) is 1.30. The van der Waals surface area contributed by atoms with E-state index in [-0.39, 0.29) is 12.4 Å². The first-order valence-corrected chi connectivity index (χ1v) is 5.80. The molecule has 0 spiro atoms. The van der Waals surface area contributed by atoms with Crippen molar-refractivity contribution in [1.29, 1.82) is 0 Å². The summed E-state index contributed by atoms with van der Waals surface area (Å²) in [6.45, 7) is -0.226. The zero-order valence-corrected chi connectivity index (χ0v) is 10.7. The van der Waals surface area contributed by atoms with Crippen LogP contribution in [0.2, 0.25) is 0 Å². The molecule has 108 valence electrons. The average molecular weight is 289 g/mol. The Morgan fingerprint density at radius 1 is 1.33 bits per heavy atom. The number of H-pyrrole nitrogens is 2. The van der Waals surface area contributed by atoms with E-state index in [2.05, 4.69) is 25.9 Å². The first-order chi connectivity index (χ1) is 10.1. The summed E-state index contributed by atoms with van der Waals surface area (Å²) in [6, 6.07) is 3.44. The summed E-state index contributed by atoms with van der Waals surface area (Å²) in [5.74, 6) is -0.643. The monoisotopic (exact) mass is 289 g/mol. The Kier molecular flexibility index (Phi) is 4.54. The third kappa shape index (κ3) is 4.38. The highest BCUT2D eigenvalue weighted by molar-refractivity contribution is 5.83. The first kappa shape index (κ1) is 14.1. The maximum atomic E-state index is 11.5. The van der Waals surface area contributed by atoms with Gasteiger partial charge in [-0.15, -0.1) is 5.10 Å². The quantitative estimate of drug-likeness (QED) is 0.386. The average Bonchev–Trinajstić information content (AvgIpc) is 2.47. The van der Waals surface area contributed by atoms with Crippen LogP contribution in [0.3, 0.4) is 0 Å². The molecule has 0 aliphatic heterocycles. The van der Waals surface area contributed by atoms with Crippen LogP contribution in [-0.2, 0) is 4.79 Å². The lowest BCUT2D eigenvalue weighted by molar-refractivity contribution is -0.119. The molecule has 0 aromatic carbocycles. The van der Waals surface area contributed by atoms with Gasteiger partial charge in [-0.2, -0.15) is 5.10 Å². The van der Waals surface area contributed by atoms with Gasteiger partial charge in [-0.25, -0.2) is 15.3 Å². The molecule has 0 bridgehead atoms. The van der Waals surface area contributed by atoms with Crippen molar-refractivity contribution in [3.63, 3.8) is 0 Å². The number of pyridine rings is 1. The zero-order chi connectivity index (χ0) is 15.1. The Morgan fingerprint density at radius 2 is 2.10 bits per heavy atom. The van der Waals surface area contributed by atoms with E-state index in [1.165, 1.54) is 6.21 Å². The number of hydrogen-bond donors (Lipinski definition) is 4. The van der Waals surface area contributed by atoms with Crippen LogP contribution in [0, 0.1) is 0 Å². The van der Waals surface area contributed by atoms with Crippen molar-refractivity contribution < 1.29 is 4.79 Å². The van der Waals surface area contributed by atoms with Gasteiger partial charge in [-0.3, -0.25) is 19.6 Å². The summed E-state index contributed by atoms with van der Waals surface area (Å²) in [5, 5.41) is 11.7. The van der Waals surface area contributed by atoms with Crippen LogP contribution in [0.4, 0.5) is 5.82 Å². The largest absolute Gasteiger partial charge is 0.355 e. The van der Waals surface area contributed by atoms with Crippen LogP contribution in [0.15, 0.2) is 39.2 Å². The molecule has 0 aliphatic rings. The third-order valence-electron chi connectivity index (χ3n) is 2.24. The highest BCUT2D eigenvalue weighted by atomic mass is 16.2. The molecule has 4 N–H and O–H groups in total. The second kappa shape index (κ2) is 6.75. The van der Waals surface area contributed by atoms with Crippen LogP contribution in [0.1, 0.15) is 5.56 Å².